The lowest BCUT2D eigenvalue weighted by molar-refractivity contribution is -0.166. The van der Waals surface area contributed by atoms with Gasteiger partial charge in [0.05, 0.1) is 13.0 Å². The highest BCUT2D eigenvalue weighted by Gasteiger charge is 2.51. The van der Waals surface area contributed by atoms with Crippen LogP contribution in [0.1, 0.15) is 83.5 Å². The number of primary amides is 1. The topological polar surface area (TPSA) is 615 Å². The highest BCUT2D eigenvalue weighted by molar-refractivity contribution is 7.98. The second-order valence-corrected chi connectivity index (χ2v) is 19.4. The number of nitrogens with one attached hydrogen (secondary N) is 6. The van der Waals surface area contributed by atoms with Crippen LogP contribution >= 0.6 is 19.6 Å². The molecule has 0 radical (unpaired) electrons. The molecule has 0 saturated carbocycles. The van der Waals surface area contributed by atoms with Gasteiger partial charge in [0.1, 0.15) is 36.3 Å². The summed E-state index contributed by atoms with van der Waals surface area (Å²) in [7, 11) is -5.41. The molecule has 1 rings (SSSR count). The fourth-order valence-electron chi connectivity index (χ4n) is 6.93. The van der Waals surface area contributed by atoms with Crippen LogP contribution in [-0.2, 0) is 80.9 Å². The molecular weight excluding hydrogens is 1120 g/mol. The van der Waals surface area contributed by atoms with E-state index in [9.17, 15) is 87.3 Å². The zero-order valence-corrected chi connectivity index (χ0v) is 44.7. The molecular formula is C42H68N13O23PS. The van der Waals surface area contributed by atoms with Gasteiger partial charge in [-0.05, 0) is 63.4 Å². The number of aliphatic hydroxyl groups is 1. The molecule has 36 nitrogen and oxygen atoms in total. The van der Waals surface area contributed by atoms with Gasteiger partial charge < -0.3 is 100 Å². The zero-order chi connectivity index (χ0) is 60.9. The van der Waals surface area contributed by atoms with Crippen molar-refractivity contribution in [1.29, 1.82) is 0 Å². The monoisotopic (exact) mass is 1190 g/mol. The molecule has 7 amide bonds. The fourth-order valence-corrected chi connectivity index (χ4v) is 7.87. The number of amides is 7. The van der Waals surface area contributed by atoms with Crippen LogP contribution in [0.2, 0.25) is 0 Å². The number of carboxylic acids is 3. The second kappa shape index (κ2) is 35.7. The third kappa shape index (κ3) is 28.2. The summed E-state index contributed by atoms with van der Waals surface area (Å²) in [5.41, 5.74) is 26.7. The summed E-state index contributed by atoms with van der Waals surface area (Å²) in [5.74, 6) is -16.9. The van der Waals surface area contributed by atoms with Gasteiger partial charge in [-0.25, -0.2) is 14.2 Å². The number of carbonyl (C=O) groups is 13. The predicted octanol–water partition coefficient (Wildman–Crippen LogP) is -7.51. The Morgan fingerprint density at radius 3 is 1.43 bits per heavy atom. The van der Waals surface area contributed by atoms with Crippen molar-refractivity contribution in [3.63, 3.8) is 0 Å². The lowest BCUT2D eigenvalue weighted by atomic mass is 10.0. The average Bonchev–Trinajstić information content (AvgIpc) is 3.63. The van der Waals surface area contributed by atoms with Crippen molar-refractivity contribution in [2.24, 2.45) is 38.7 Å². The van der Waals surface area contributed by atoms with Crippen LogP contribution in [0.25, 0.3) is 0 Å². The van der Waals surface area contributed by atoms with E-state index < -0.39 is 197 Å². The molecule has 22 N–H and O–H groups in total. The number of aliphatic carboxylic acids is 3. The van der Waals surface area contributed by atoms with Crippen molar-refractivity contribution in [1.82, 2.24) is 31.9 Å². The number of phosphoric ester groups is 1. The number of phosphoric acid groups is 1. The van der Waals surface area contributed by atoms with E-state index in [1.807, 2.05) is 0 Å². The summed E-state index contributed by atoms with van der Waals surface area (Å²) >= 11 is 1.18. The van der Waals surface area contributed by atoms with E-state index in [0.29, 0.717) is 0 Å². The number of cyclic esters (lactones) is 1. The van der Waals surface area contributed by atoms with Crippen molar-refractivity contribution in [2.75, 3.05) is 31.7 Å². The number of carboxylic acid groups (broad SMARTS) is 3. The third-order valence-electron chi connectivity index (χ3n) is 10.9. The Hall–Kier alpha value is -7.73. The SMILES string of the molecule is CSCC[C@H](NC(=O)[C@H](CCC(=O)O)NC(=O)[C@H](CCC(=O)O)NC(=O)CCC(=O)OC(CO)C1OC(=O)C(OP(=O)(O)O)C1=O)C(=O)N[C@@H](CCC(N)=O)C(=O)N[C@@H](CCCN=C(N)N)C(=O)N[C@@H](CCCN=C(N)N)C(=O)O. The molecule has 1 saturated heterocycles. The molecule has 0 spiro atoms. The van der Waals surface area contributed by atoms with E-state index in [4.69, 9.17) is 43.2 Å². The first kappa shape index (κ1) is 70.3. The molecule has 1 fully saturated rings. The minimum absolute atomic E-state index is 0.0135. The maximum Gasteiger partial charge on any atom is 0.470 e. The minimum Gasteiger partial charge on any atom is -0.481 e. The van der Waals surface area contributed by atoms with E-state index in [0.717, 1.165) is 0 Å². The Morgan fingerprint density at radius 2 is 1.02 bits per heavy atom. The average molecular weight is 1190 g/mol. The molecule has 1 aliphatic rings. The smallest absolute Gasteiger partial charge is 0.470 e. The lowest BCUT2D eigenvalue weighted by Crippen LogP contribution is -2.59. The Labute approximate surface area is 458 Å². The maximum atomic E-state index is 14.0. The Balaban J connectivity index is 3.39. The van der Waals surface area contributed by atoms with Crippen LogP contribution in [0.15, 0.2) is 9.98 Å². The summed E-state index contributed by atoms with van der Waals surface area (Å²) in [6, 6.07) is -9.96. The number of aliphatic imine (C=N–C) groups is 2. The van der Waals surface area contributed by atoms with Gasteiger partial charge in [-0.3, -0.25) is 67.2 Å². The quantitative estimate of drug-likeness (QED) is 0.00677. The van der Waals surface area contributed by atoms with E-state index in [1.165, 1.54) is 11.8 Å². The fraction of sp³-hybridized carbons (Fsp3) is 0.643. The van der Waals surface area contributed by atoms with Crippen LogP contribution in [0.5, 0.6) is 0 Å². The molecule has 3 unspecified atom stereocenters. The van der Waals surface area contributed by atoms with E-state index in [-0.39, 0.29) is 62.9 Å². The predicted molar refractivity (Wildman–Crippen MR) is 272 cm³/mol. The van der Waals surface area contributed by atoms with Crippen molar-refractivity contribution < 1.29 is 111 Å². The van der Waals surface area contributed by atoms with Gasteiger partial charge in [0, 0.05) is 38.8 Å². The molecule has 1 heterocycles. The van der Waals surface area contributed by atoms with E-state index in [2.05, 4.69) is 51.1 Å². The number of hydrogen-bond donors (Lipinski definition) is 17. The molecule has 38 heteroatoms. The first-order valence-electron chi connectivity index (χ1n) is 24.0. The summed E-state index contributed by atoms with van der Waals surface area (Å²) in [4.78, 5) is 192. The molecule has 0 aromatic heterocycles. The van der Waals surface area contributed by atoms with Gasteiger partial charge in [-0.1, -0.05) is 0 Å². The van der Waals surface area contributed by atoms with Crippen molar-refractivity contribution in [3.05, 3.63) is 0 Å². The Morgan fingerprint density at radius 1 is 0.613 bits per heavy atom. The number of hydrogen-bond acceptors (Lipinski definition) is 21. The van der Waals surface area contributed by atoms with Gasteiger partial charge in [0.25, 0.3) is 0 Å². The van der Waals surface area contributed by atoms with Crippen LogP contribution in [0, 0.1) is 0 Å². The number of Topliss-reactive ketones (excluding diaryl/α,β-unsaturated/α-hetero) is 1. The zero-order valence-electron chi connectivity index (χ0n) is 43.0. The molecule has 1 aliphatic heterocycles. The molecule has 0 aromatic carbocycles. The van der Waals surface area contributed by atoms with E-state index in [1.54, 1.807) is 6.26 Å². The van der Waals surface area contributed by atoms with Crippen LogP contribution in [-0.4, -0.2) is 205 Å². The molecule has 450 valence electrons. The number of nitrogens with zero attached hydrogens (tertiary/aromatic N) is 2. The van der Waals surface area contributed by atoms with Gasteiger partial charge in [0.2, 0.25) is 59.3 Å². The largest absolute Gasteiger partial charge is 0.481 e. The van der Waals surface area contributed by atoms with Gasteiger partial charge in [-0.15, -0.1) is 0 Å². The highest BCUT2D eigenvalue weighted by Crippen LogP contribution is 2.40. The number of guanidine groups is 2. The van der Waals surface area contributed by atoms with E-state index >= 15 is 0 Å². The number of thioether (sulfide) groups is 1. The number of esters is 2. The molecule has 0 aliphatic carbocycles. The summed E-state index contributed by atoms with van der Waals surface area (Å²) in [6.07, 6.45) is -11.0. The van der Waals surface area contributed by atoms with Gasteiger partial charge in [-0.2, -0.15) is 11.8 Å². The first-order chi connectivity index (χ1) is 37.4. The lowest BCUT2D eigenvalue weighted by Gasteiger charge is -2.27. The number of ketones is 1. The van der Waals surface area contributed by atoms with Crippen LogP contribution < -0.4 is 60.6 Å². The van der Waals surface area contributed by atoms with Crippen molar-refractivity contribution in [3.8, 4) is 0 Å². The van der Waals surface area contributed by atoms with Crippen molar-refractivity contribution >= 4 is 108 Å². The van der Waals surface area contributed by atoms with Crippen LogP contribution in [0.3, 0.4) is 0 Å². The van der Waals surface area contributed by atoms with Gasteiger partial charge in [0.15, 0.2) is 18.0 Å². The number of ether oxygens (including phenoxy) is 2. The van der Waals surface area contributed by atoms with Crippen LogP contribution in [0.4, 0.5) is 0 Å². The van der Waals surface area contributed by atoms with Gasteiger partial charge >= 0.3 is 37.7 Å². The molecule has 0 bridgehead atoms. The Bertz CT molecular complexity index is 2350. The second-order valence-electron chi connectivity index (χ2n) is 17.3. The minimum atomic E-state index is -5.41. The molecule has 0 aromatic rings. The summed E-state index contributed by atoms with van der Waals surface area (Å²) < 4.78 is 24.8. The number of nitrogens with two attached hydrogens (primary N) is 5. The maximum absolute atomic E-state index is 14.0. The standard InChI is InChI=1S/C42H68N13O23PS/c1-80-17-14-23(38(69)52-21(6-9-26(43)57)36(67)51-19(4-2-15-48-41(44)45)34(65)55-24(39(70)71)5-3-16-49-42(46)47)54-37(68)22(8-12-29(61)62)53-35(66)20(7-11-28(59)60)50-27(58)10-13-30(63)76-25(18-56)32-31(64)33(40(72)77-32)78-79(73,74)75/h19-25,32-33,56H,2-18H2,1H3,(H2,43,57)(H,50,58)(H,51,67)(H,52,69)(H,53,66)(H,54,68)(H,55,65)(H,59,60)(H,61,62)(H,70,71)(H4,44,45,48)(H4,46,47,49)(H2,73,74,75)/t19-,20-,21-,22-,23-,24-,25?,32?,33?/m0/s1. The first-order valence-corrected chi connectivity index (χ1v) is 27.0. The van der Waals surface area contributed by atoms with Crippen molar-refractivity contribution in [2.45, 2.75) is 138 Å². The number of carbonyl (C=O) groups excluding carboxylic acids is 10. The summed E-state index contributed by atoms with van der Waals surface area (Å²) in [5, 5.41) is 52.2. The molecule has 9 atom stereocenters. The molecule has 80 heavy (non-hydrogen) atoms. The number of aliphatic hydroxyl groups excluding tert-OH is 1. The summed E-state index contributed by atoms with van der Waals surface area (Å²) in [6.45, 7) is -1.23. The Kier molecular flexibility index (Phi) is 31.4. The number of rotatable bonds is 40. The normalized spacial score (nSPS) is 16.5. The highest BCUT2D eigenvalue weighted by atomic mass is 32.2. The third-order valence-corrected chi connectivity index (χ3v) is 12.0.